The molecule has 1 fully saturated rings. The number of rotatable bonds is 2. The SMILES string of the molecule is CCC1CN(C(=O)c2ccc3nccnc3c2)CCC1O. The zero-order valence-electron chi connectivity index (χ0n) is 12.1. The van der Waals surface area contributed by atoms with Gasteiger partial charge in [0.05, 0.1) is 17.1 Å². The fraction of sp³-hybridized carbons (Fsp3) is 0.438. The van der Waals surface area contributed by atoms with E-state index in [4.69, 9.17) is 0 Å². The van der Waals surface area contributed by atoms with E-state index in [-0.39, 0.29) is 17.9 Å². The van der Waals surface area contributed by atoms with Crippen molar-refractivity contribution < 1.29 is 9.90 Å². The Morgan fingerprint density at radius 2 is 2.10 bits per heavy atom. The molecule has 1 saturated heterocycles. The lowest BCUT2D eigenvalue weighted by Gasteiger charge is -2.35. The molecule has 1 aromatic heterocycles. The molecule has 0 saturated carbocycles. The molecule has 0 aliphatic carbocycles. The Morgan fingerprint density at radius 3 is 2.86 bits per heavy atom. The maximum absolute atomic E-state index is 12.6. The van der Waals surface area contributed by atoms with Crippen LogP contribution < -0.4 is 0 Å². The number of aliphatic hydroxyl groups is 1. The zero-order chi connectivity index (χ0) is 14.8. The summed E-state index contributed by atoms with van der Waals surface area (Å²) in [5.74, 6) is 0.177. The number of carbonyl (C=O) groups excluding carboxylic acids is 1. The first-order chi connectivity index (χ1) is 10.2. The monoisotopic (exact) mass is 285 g/mol. The molecule has 0 bridgehead atoms. The molecule has 1 aliphatic heterocycles. The van der Waals surface area contributed by atoms with Gasteiger partial charge in [-0.25, -0.2) is 0 Å². The summed E-state index contributed by atoms with van der Waals surface area (Å²) in [6, 6.07) is 5.41. The minimum Gasteiger partial charge on any atom is -0.393 e. The number of fused-ring (bicyclic) bond motifs is 1. The van der Waals surface area contributed by atoms with Crippen molar-refractivity contribution in [2.45, 2.75) is 25.9 Å². The molecule has 1 aromatic carbocycles. The molecule has 0 spiro atoms. The van der Waals surface area contributed by atoms with Gasteiger partial charge in [-0.2, -0.15) is 0 Å². The van der Waals surface area contributed by atoms with E-state index in [0.717, 1.165) is 17.5 Å². The maximum atomic E-state index is 12.6. The van der Waals surface area contributed by atoms with E-state index in [1.807, 2.05) is 17.9 Å². The van der Waals surface area contributed by atoms with E-state index in [2.05, 4.69) is 9.97 Å². The van der Waals surface area contributed by atoms with Crippen molar-refractivity contribution in [2.24, 2.45) is 5.92 Å². The first-order valence-electron chi connectivity index (χ1n) is 7.37. The number of amides is 1. The molecule has 2 atom stereocenters. The Morgan fingerprint density at radius 1 is 1.33 bits per heavy atom. The van der Waals surface area contributed by atoms with Gasteiger partial charge in [-0.05, 0) is 31.0 Å². The summed E-state index contributed by atoms with van der Waals surface area (Å²) >= 11 is 0. The van der Waals surface area contributed by atoms with Crippen LogP contribution in [0.3, 0.4) is 0 Å². The van der Waals surface area contributed by atoms with Crippen LogP contribution in [-0.4, -0.2) is 45.1 Å². The molecule has 2 heterocycles. The normalized spacial score (nSPS) is 22.5. The Hall–Kier alpha value is -2.01. The summed E-state index contributed by atoms with van der Waals surface area (Å²) in [6.45, 7) is 3.28. The molecule has 3 rings (SSSR count). The average molecular weight is 285 g/mol. The summed E-state index contributed by atoms with van der Waals surface area (Å²) in [4.78, 5) is 22.9. The predicted octanol–water partition coefficient (Wildman–Crippen LogP) is 1.86. The number of aliphatic hydroxyl groups excluding tert-OH is 1. The Bertz CT molecular complexity index is 659. The van der Waals surface area contributed by atoms with E-state index in [0.29, 0.717) is 25.1 Å². The van der Waals surface area contributed by atoms with Gasteiger partial charge in [0.1, 0.15) is 0 Å². The lowest BCUT2D eigenvalue weighted by molar-refractivity contribution is 0.0229. The topological polar surface area (TPSA) is 66.3 Å². The van der Waals surface area contributed by atoms with Crippen molar-refractivity contribution in [3.63, 3.8) is 0 Å². The third-order valence-electron chi connectivity index (χ3n) is 4.22. The van der Waals surface area contributed by atoms with Crippen molar-refractivity contribution in [3.05, 3.63) is 36.2 Å². The van der Waals surface area contributed by atoms with Gasteiger partial charge < -0.3 is 10.0 Å². The number of carbonyl (C=O) groups is 1. The fourth-order valence-electron chi connectivity index (χ4n) is 2.88. The van der Waals surface area contributed by atoms with Crippen LogP contribution in [0.1, 0.15) is 30.1 Å². The van der Waals surface area contributed by atoms with Crippen LogP contribution in [0.4, 0.5) is 0 Å². The zero-order valence-corrected chi connectivity index (χ0v) is 12.1. The second-order valence-electron chi connectivity index (χ2n) is 5.54. The van der Waals surface area contributed by atoms with Crippen LogP contribution in [0.2, 0.25) is 0 Å². The van der Waals surface area contributed by atoms with Crippen molar-refractivity contribution in [3.8, 4) is 0 Å². The lowest BCUT2D eigenvalue weighted by Crippen LogP contribution is -2.45. The third kappa shape index (κ3) is 2.74. The largest absolute Gasteiger partial charge is 0.393 e. The highest BCUT2D eigenvalue weighted by Gasteiger charge is 2.29. The number of aromatic nitrogens is 2. The van der Waals surface area contributed by atoms with Gasteiger partial charge in [0.2, 0.25) is 0 Å². The highest BCUT2D eigenvalue weighted by Crippen LogP contribution is 2.22. The Labute approximate surface area is 123 Å². The third-order valence-corrected chi connectivity index (χ3v) is 4.22. The first kappa shape index (κ1) is 13.9. The first-order valence-corrected chi connectivity index (χ1v) is 7.37. The predicted molar refractivity (Wildman–Crippen MR) is 79.8 cm³/mol. The van der Waals surface area contributed by atoms with E-state index >= 15 is 0 Å². The molecule has 110 valence electrons. The van der Waals surface area contributed by atoms with Crippen LogP contribution >= 0.6 is 0 Å². The van der Waals surface area contributed by atoms with Crippen LogP contribution in [0.15, 0.2) is 30.6 Å². The van der Waals surface area contributed by atoms with Crippen molar-refractivity contribution in [2.75, 3.05) is 13.1 Å². The highest BCUT2D eigenvalue weighted by atomic mass is 16.3. The summed E-state index contributed by atoms with van der Waals surface area (Å²) in [6.07, 6.45) is 4.51. The molecule has 21 heavy (non-hydrogen) atoms. The average Bonchev–Trinajstić information content (AvgIpc) is 2.54. The van der Waals surface area contributed by atoms with Crippen molar-refractivity contribution in [1.29, 1.82) is 0 Å². The molecule has 1 aliphatic rings. The minimum atomic E-state index is -0.290. The Balaban J connectivity index is 1.83. The standard InChI is InChI=1S/C16H19N3O2/c1-2-11-10-19(8-5-15(11)20)16(21)12-3-4-13-14(9-12)18-7-6-17-13/h3-4,6-7,9,11,15,20H,2,5,8,10H2,1H3. The summed E-state index contributed by atoms with van der Waals surface area (Å²) in [5, 5.41) is 9.92. The number of nitrogens with zero attached hydrogens (tertiary/aromatic N) is 3. The van der Waals surface area contributed by atoms with Crippen LogP contribution in [0.5, 0.6) is 0 Å². The van der Waals surface area contributed by atoms with E-state index < -0.39 is 0 Å². The number of piperidine rings is 1. The van der Waals surface area contributed by atoms with E-state index in [1.54, 1.807) is 24.5 Å². The van der Waals surface area contributed by atoms with Crippen LogP contribution in [0.25, 0.3) is 11.0 Å². The molecule has 5 nitrogen and oxygen atoms in total. The van der Waals surface area contributed by atoms with E-state index in [1.165, 1.54) is 0 Å². The molecule has 1 amide bonds. The quantitative estimate of drug-likeness (QED) is 0.914. The van der Waals surface area contributed by atoms with Gasteiger partial charge in [0.15, 0.2) is 0 Å². The summed E-state index contributed by atoms with van der Waals surface area (Å²) in [5.41, 5.74) is 2.15. The highest BCUT2D eigenvalue weighted by molar-refractivity contribution is 5.97. The second-order valence-corrected chi connectivity index (χ2v) is 5.54. The van der Waals surface area contributed by atoms with Gasteiger partial charge in [0.25, 0.3) is 5.91 Å². The smallest absolute Gasteiger partial charge is 0.253 e. The molecule has 1 N–H and O–H groups in total. The van der Waals surface area contributed by atoms with Gasteiger partial charge in [-0.1, -0.05) is 6.92 Å². The number of likely N-dealkylation sites (tertiary alicyclic amines) is 1. The van der Waals surface area contributed by atoms with Crippen molar-refractivity contribution in [1.82, 2.24) is 14.9 Å². The molecular formula is C16H19N3O2. The molecule has 2 unspecified atom stereocenters. The van der Waals surface area contributed by atoms with Gasteiger partial charge in [-0.3, -0.25) is 14.8 Å². The van der Waals surface area contributed by atoms with Crippen molar-refractivity contribution >= 4 is 16.9 Å². The van der Waals surface area contributed by atoms with E-state index in [9.17, 15) is 9.90 Å². The summed E-state index contributed by atoms with van der Waals surface area (Å²) < 4.78 is 0. The number of benzene rings is 1. The number of hydrogen-bond donors (Lipinski definition) is 1. The van der Waals surface area contributed by atoms with Crippen LogP contribution in [0, 0.1) is 5.92 Å². The fourth-order valence-corrected chi connectivity index (χ4v) is 2.88. The number of hydrogen-bond acceptors (Lipinski definition) is 4. The second kappa shape index (κ2) is 5.77. The Kier molecular flexibility index (Phi) is 3.84. The van der Waals surface area contributed by atoms with Crippen LogP contribution in [-0.2, 0) is 0 Å². The molecule has 0 radical (unpaired) electrons. The summed E-state index contributed by atoms with van der Waals surface area (Å²) in [7, 11) is 0. The minimum absolute atomic E-state index is 0.00732. The molecule has 2 aromatic rings. The van der Waals surface area contributed by atoms with Gasteiger partial charge in [-0.15, -0.1) is 0 Å². The van der Waals surface area contributed by atoms with Gasteiger partial charge >= 0.3 is 0 Å². The van der Waals surface area contributed by atoms with Gasteiger partial charge in [0, 0.05) is 37.0 Å². The molecular weight excluding hydrogens is 266 g/mol. The maximum Gasteiger partial charge on any atom is 0.253 e. The molecule has 5 heteroatoms. The lowest BCUT2D eigenvalue weighted by atomic mass is 9.92.